The van der Waals surface area contributed by atoms with Crippen LogP contribution in [0.5, 0.6) is 5.75 Å². The van der Waals surface area contributed by atoms with E-state index in [0.29, 0.717) is 0 Å². The summed E-state index contributed by atoms with van der Waals surface area (Å²) in [6, 6.07) is 22.9. The molecule has 0 aliphatic heterocycles. The molecule has 0 spiro atoms. The van der Waals surface area contributed by atoms with Gasteiger partial charge in [-0.05, 0) is 41.8 Å². The Morgan fingerprint density at radius 2 is 1.54 bits per heavy atom. The highest BCUT2D eigenvalue weighted by Gasteiger charge is 2.06. The number of ether oxygens (including phenoxy) is 1. The number of imidazole rings is 1. The van der Waals surface area contributed by atoms with Gasteiger partial charge in [-0.15, -0.1) is 0 Å². The van der Waals surface area contributed by atoms with Gasteiger partial charge in [0.05, 0.1) is 18.1 Å². The molecule has 0 saturated carbocycles. The van der Waals surface area contributed by atoms with Crippen molar-refractivity contribution in [3.8, 4) is 28.0 Å². The molecule has 0 unspecified atom stereocenters. The number of nitrogens with zero attached hydrogens (tertiary/aromatic N) is 1. The molecule has 118 valence electrons. The summed E-state index contributed by atoms with van der Waals surface area (Å²) >= 11 is 0. The molecule has 1 heterocycles. The first kappa shape index (κ1) is 14.5. The predicted octanol–water partition coefficient (Wildman–Crippen LogP) is 5.21. The van der Waals surface area contributed by atoms with Crippen molar-refractivity contribution in [2.75, 3.05) is 7.11 Å². The van der Waals surface area contributed by atoms with Crippen LogP contribution in [0.15, 0.2) is 66.7 Å². The Kier molecular flexibility index (Phi) is 3.54. The summed E-state index contributed by atoms with van der Waals surface area (Å²) in [6.45, 7) is 1.97. The van der Waals surface area contributed by atoms with Crippen LogP contribution < -0.4 is 4.74 Å². The van der Waals surface area contributed by atoms with Gasteiger partial charge in [0, 0.05) is 5.56 Å². The molecular formula is C21H18N2O. The summed E-state index contributed by atoms with van der Waals surface area (Å²) < 4.78 is 5.45. The predicted molar refractivity (Wildman–Crippen MR) is 98.3 cm³/mol. The highest BCUT2D eigenvalue weighted by atomic mass is 16.5. The van der Waals surface area contributed by atoms with E-state index in [1.165, 1.54) is 11.1 Å². The van der Waals surface area contributed by atoms with E-state index < -0.39 is 0 Å². The second-order valence-corrected chi connectivity index (χ2v) is 5.83. The van der Waals surface area contributed by atoms with E-state index in [1.54, 1.807) is 7.11 Å². The smallest absolute Gasteiger partial charge is 0.126 e. The molecule has 4 aromatic rings. The van der Waals surface area contributed by atoms with Crippen molar-refractivity contribution < 1.29 is 4.74 Å². The lowest BCUT2D eigenvalue weighted by molar-refractivity contribution is 0.416. The Morgan fingerprint density at radius 1 is 0.833 bits per heavy atom. The van der Waals surface area contributed by atoms with Crippen LogP contribution in [0.2, 0.25) is 0 Å². The standard InChI is InChI=1S/C21H18N2O/c1-14-22-19-12-11-17(13-20(19)23-14)15-7-9-16(10-8-15)18-5-3-4-6-21(18)24-2/h3-13H,1-2H3,(H,22,23). The maximum atomic E-state index is 5.45. The van der Waals surface area contributed by atoms with Crippen LogP contribution in [-0.2, 0) is 0 Å². The van der Waals surface area contributed by atoms with Gasteiger partial charge >= 0.3 is 0 Å². The Hall–Kier alpha value is -3.07. The van der Waals surface area contributed by atoms with E-state index in [9.17, 15) is 0 Å². The molecule has 0 saturated heterocycles. The Morgan fingerprint density at radius 3 is 2.33 bits per heavy atom. The van der Waals surface area contributed by atoms with E-state index >= 15 is 0 Å². The molecule has 0 aliphatic carbocycles. The molecular weight excluding hydrogens is 296 g/mol. The summed E-state index contributed by atoms with van der Waals surface area (Å²) in [5.41, 5.74) is 6.68. The zero-order valence-electron chi connectivity index (χ0n) is 13.7. The number of hydrogen-bond donors (Lipinski definition) is 1. The number of aryl methyl sites for hydroxylation is 1. The van der Waals surface area contributed by atoms with Crippen molar-refractivity contribution in [2.45, 2.75) is 6.92 Å². The van der Waals surface area contributed by atoms with E-state index in [-0.39, 0.29) is 0 Å². The van der Waals surface area contributed by atoms with Gasteiger partial charge in [-0.25, -0.2) is 4.98 Å². The molecule has 3 aromatic carbocycles. The fourth-order valence-corrected chi connectivity index (χ4v) is 3.04. The second kappa shape index (κ2) is 5.85. The summed E-state index contributed by atoms with van der Waals surface area (Å²) in [5.74, 6) is 1.83. The Labute approximate surface area is 140 Å². The van der Waals surface area contributed by atoms with Gasteiger partial charge in [-0.1, -0.05) is 48.5 Å². The number of rotatable bonds is 3. The SMILES string of the molecule is COc1ccccc1-c1ccc(-c2ccc3nc(C)[nH]c3c2)cc1. The first-order valence-electron chi connectivity index (χ1n) is 7.95. The van der Waals surface area contributed by atoms with Crippen molar-refractivity contribution >= 4 is 11.0 Å². The van der Waals surface area contributed by atoms with Crippen molar-refractivity contribution in [1.82, 2.24) is 9.97 Å². The van der Waals surface area contributed by atoms with Gasteiger partial charge in [0.2, 0.25) is 0 Å². The number of para-hydroxylation sites is 1. The zero-order chi connectivity index (χ0) is 16.5. The number of methoxy groups -OCH3 is 1. The third-order valence-corrected chi connectivity index (χ3v) is 4.24. The number of hydrogen-bond acceptors (Lipinski definition) is 2. The average Bonchev–Trinajstić information content (AvgIpc) is 3.01. The molecule has 0 fully saturated rings. The Bertz CT molecular complexity index is 1000. The van der Waals surface area contributed by atoms with E-state index in [0.717, 1.165) is 33.7 Å². The van der Waals surface area contributed by atoms with Gasteiger partial charge in [-0.2, -0.15) is 0 Å². The molecule has 3 nitrogen and oxygen atoms in total. The van der Waals surface area contributed by atoms with Crippen LogP contribution >= 0.6 is 0 Å². The monoisotopic (exact) mass is 314 g/mol. The maximum absolute atomic E-state index is 5.45. The quantitative estimate of drug-likeness (QED) is 0.563. The molecule has 0 radical (unpaired) electrons. The third kappa shape index (κ3) is 2.54. The van der Waals surface area contributed by atoms with E-state index in [4.69, 9.17) is 4.74 Å². The van der Waals surface area contributed by atoms with Crippen LogP contribution in [-0.4, -0.2) is 17.1 Å². The number of fused-ring (bicyclic) bond motifs is 1. The third-order valence-electron chi connectivity index (χ3n) is 4.24. The largest absolute Gasteiger partial charge is 0.496 e. The minimum Gasteiger partial charge on any atom is -0.496 e. The number of H-pyrrole nitrogens is 1. The normalized spacial score (nSPS) is 10.9. The summed E-state index contributed by atoms with van der Waals surface area (Å²) in [5, 5.41) is 0. The second-order valence-electron chi connectivity index (χ2n) is 5.83. The molecule has 0 bridgehead atoms. The van der Waals surface area contributed by atoms with E-state index in [2.05, 4.69) is 58.5 Å². The van der Waals surface area contributed by atoms with Gasteiger partial charge in [0.15, 0.2) is 0 Å². The fraction of sp³-hybridized carbons (Fsp3) is 0.0952. The summed E-state index contributed by atoms with van der Waals surface area (Å²) in [4.78, 5) is 7.74. The molecule has 0 aliphatic rings. The first-order valence-corrected chi connectivity index (χ1v) is 7.95. The molecule has 24 heavy (non-hydrogen) atoms. The minimum atomic E-state index is 0.889. The lowest BCUT2D eigenvalue weighted by Crippen LogP contribution is -1.87. The van der Waals surface area contributed by atoms with Crippen LogP contribution in [0.3, 0.4) is 0 Å². The van der Waals surface area contributed by atoms with Crippen molar-refractivity contribution in [3.05, 3.63) is 72.6 Å². The molecule has 1 aromatic heterocycles. The number of nitrogens with one attached hydrogen (secondary N) is 1. The Balaban J connectivity index is 1.72. The van der Waals surface area contributed by atoms with Crippen molar-refractivity contribution in [2.24, 2.45) is 0 Å². The number of benzene rings is 3. The average molecular weight is 314 g/mol. The number of aromatic nitrogens is 2. The highest BCUT2D eigenvalue weighted by Crippen LogP contribution is 2.31. The van der Waals surface area contributed by atoms with Crippen LogP contribution in [0.25, 0.3) is 33.3 Å². The first-order chi connectivity index (χ1) is 11.7. The molecule has 1 N–H and O–H groups in total. The van der Waals surface area contributed by atoms with Crippen LogP contribution in [0.4, 0.5) is 0 Å². The summed E-state index contributed by atoms with van der Waals surface area (Å²) in [7, 11) is 1.70. The topological polar surface area (TPSA) is 37.9 Å². The van der Waals surface area contributed by atoms with Crippen molar-refractivity contribution in [3.63, 3.8) is 0 Å². The van der Waals surface area contributed by atoms with Crippen LogP contribution in [0.1, 0.15) is 5.82 Å². The molecule has 0 amide bonds. The van der Waals surface area contributed by atoms with Gasteiger partial charge in [0.25, 0.3) is 0 Å². The summed E-state index contributed by atoms with van der Waals surface area (Å²) in [6.07, 6.45) is 0. The number of aromatic amines is 1. The molecule has 3 heteroatoms. The van der Waals surface area contributed by atoms with E-state index in [1.807, 2.05) is 25.1 Å². The minimum absolute atomic E-state index is 0.889. The van der Waals surface area contributed by atoms with Crippen LogP contribution in [0, 0.1) is 6.92 Å². The highest BCUT2D eigenvalue weighted by molar-refractivity contribution is 5.82. The lowest BCUT2D eigenvalue weighted by Gasteiger charge is -2.09. The fourth-order valence-electron chi connectivity index (χ4n) is 3.04. The van der Waals surface area contributed by atoms with Gasteiger partial charge in [-0.3, -0.25) is 0 Å². The molecule has 0 atom stereocenters. The maximum Gasteiger partial charge on any atom is 0.126 e. The van der Waals surface area contributed by atoms with Gasteiger partial charge in [0.1, 0.15) is 11.6 Å². The lowest BCUT2D eigenvalue weighted by atomic mass is 9.99. The zero-order valence-corrected chi connectivity index (χ0v) is 13.7. The van der Waals surface area contributed by atoms with Crippen molar-refractivity contribution in [1.29, 1.82) is 0 Å². The molecule has 4 rings (SSSR count). The van der Waals surface area contributed by atoms with Gasteiger partial charge < -0.3 is 9.72 Å².